The van der Waals surface area contributed by atoms with E-state index in [1.807, 2.05) is 19.9 Å². The summed E-state index contributed by atoms with van der Waals surface area (Å²) in [5, 5.41) is 30.4. The Morgan fingerprint density at radius 2 is 1.83 bits per heavy atom. The quantitative estimate of drug-likeness (QED) is 0.171. The molecule has 11 nitrogen and oxygen atoms in total. The van der Waals surface area contributed by atoms with Gasteiger partial charge in [0.2, 0.25) is 5.88 Å². The van der Waals surface area contributed by atoms with Gasteiger partial charge >= 0.3 is 0 Å². The number of rotatable bonds is 7. The third kappa shape index (κ3) is 4.51. The molecule has 0 spiro atoms. The number of aromatic hydroxyl groups is 1. The van der Waals surface area contributed by atoms with Gasteiger partial charge in [-0.1, -0.05) is 24.3 Å². The summed E-state index contributed by atoms with van der Waals surface area (Å²) in [6.45, 7) is 3.82. The predicted molar refractivity (Wildman–Crippen MR) is 131 cm³/mol. The van der Waals surface area contributed by atoms with Crippen LogP contribution in [0.1, 0.15) is 11.1 Å². The Bertz CT molecular complexity index is 1590. The zero-order valence-corrected chi connectivity index (χ0v) is 19.8. The number of azo groups is 1. The number of anilines is 1. The van der Waals surface area contributed by atoms with Crippen molar-refractivity contribution in [2.75, 3.05) is 11.8 Å². The summed E-state index contributed by atoms with van der Waals surface area (Å²) in [6.07, 6.45) is 0. The number of sulfonamides is 1. The second kappa shape index (κ2) is 9.06. The smallest absolute Gasteiger partial charge is 0.270 e. The number of H-pyrrole nitrogens is 1. The van der Waals surface area contributed by atoms with Gasteiger partial charge in [0.1, 0.15) is 16.3 Å². The van der Waals surface area contributed by atoms with Gasteiger partial charge in [-0.05, 0) is 43.2 Å². The predicted octanol–water partition coefficient (Wildman–Crippen LogP) is 5.62. The second-order valence-electron chi connectivity index (χ2n) is 7.67. The van der Waals surface area contributed by atoms with E-state index in [0.717, 1.165) is 23.3 Å². The number of para-hydroxylation sites is 2. The summed E-state index contributed by atoms with van der Waals surface area (Å²) in [5.41, 5.74) is 2.26. The Kier molecular flexibility index (Phi) is 6.14. The minimum Gasteiger partial charge on any atom is -0.495 e. The monoisotopic (exact) mass is 495 g/mol. The van der Waals surface area contributed by atoms with Crippen LogP contribution in [0.25, 0.3) is 10.9 Å². The van der Waals surface area contributed by atoms with Gasteiger partial charge in [-0.15, -0.1) is 10.2 Å². The number of nitrogens with one attached hydrogen (secondary N) is 2. The van der Waals surface area contributed by atoms with E-state index >= 15 is 0 Å². The number of nitro groups is 1. The van der Waals surface area contributed by atoms with E-state index in [4.69, 9.17) is 4.74 Å². The third-order valence-electron chi connectivity index (χ3n) is 5.51. The third-order valence-corrected chi connectivity index (χ3v) is 6.91. The first kappa shape index (κ1) is 23.7. The summed E-state index contributed by atoms with van der Waals surface area (Å²) in [6, 6.07) is 13.2. The Labute approximate surface area is 200 Å². The molecular formula is C23H21N5O6S. The SMILES string of the molecule is COc1ccccc1NS(=O)(=O)c1cc([N+](=O)[O-])ccc1N=Nc1c(O)[nH]c2c(C)c(C)ccc12. The van der Waals surface area contributed by atoms with Crippen LogP contribution in [0.5, 0.6) is 11.6 Å². The number of hydrogen-bond donors (Lipinski definition) is 3. The molecular weight excluding hydrogens is 474 g/mol. The van der Waals surface area contributed by atoms with Crippen molar-refractivity contribution < 1.29 is 23.2 Å². The minimum absolute atomic E-state index is 0.113. The first-order valence-corrected chi connectivity index (χ1v) is 11.8. The molecule has 12 heteroatoms. The lowest BCUT2D eigenvalue weighted by molar-refractivity contribution is -0.385. The van der Waals surface area contributed by atoms with Gasteiger partial charge in [0, 0.05) is 17.5 Å². The van der Waals surface area contributed by atoms with Gasteiger partial charge in [0.15, 0.2) is 5.69 Å². The van der Waals surface area contributed by atoms with Gasteiger partial charge in [-0.25, -0.2) is 8.42 Å². The molecule has 4 rings (SSSR count). The number of methoxy groups -OCH3 is 1. The Morgan fingerprint density at radius 3 is 2.54 bits per heavy atom. The number of nitrogens with zero attached hydrogens (tertiary/aromatic N) is 3. The zero-order chi connectivity index (χ0) is 25.3. The van der Waals surface area contributed by atoms with E-state index in [9.17, 15) is 23.6 Å². The standard InChI is InChI=1S/C23H21N5O6S/c1-13-8-10-16-21(14(13)2)24-23(29)22(16)26-25-18-11-9-15(28(30)31)12-20(18)35(32,33)27-17-6-4-5-7-19(17)34-3/h4-12,24,27,29H,1-3H3. The average Bonchev–Trinajstić information content (AvgIpc) is 3.15. The highest BCUT2D eigenvalue weighted by Crippen LogP contribution is 2.39. The number of nitro benzene ring substituents is 1. The molecule has 0 atom stereocenters. The molecule has 35 heavy (non-hydrogen) atoms. The molecule has 0 aliphatic heterocycles. The summed E-state index contributed by atoms with van der Waals surface area (Å²) < 4.78 is 34.0. The molecule has 0 aliphatic rings. The van der Waals surface area contributed by atoms with Crippen molar-refractivity contribution in [1.29, 1.82) is 0 Å². The number of aryl methyl sites for hydroxylation is 2. The largest absolute Gasteiger partial charge is 0.495 e. The van der Waals surface area contributed by atoms with Crippen LogP contribution in [-0.4, -0.2) is 30.5 Å². The van der Waals surface area contributed by atoms with Crippen molar-refractivity contribution in [3.05, 3.63) is 75.8 Å². The topological polar surface area (TPSA) is 159 Å². The van der Waals surface area contributed by atoms with E-state index in [-0.39, 0.29) is 28.7 Å². The average molecular weight is 496 g/mol. The lowest BCUT2D eigenvalue weighted by Gasteiger charge is -2.12. The number of aromatic amines is 1. The van der Waals surface area contributed by atoms with E-state index < -0.39 is 25.5 Å². The van der Waals surface area contributed by atoms with Crippen molar-refractivity contribution >= 4 is 43.7 Å². The van der Waals surface area contributed by atoms with E-state index in [1.165, 1.54) is 19.2 Å². The highest BCUT2D eigenvalue weighted by atomic mass is 32.2. The summed E-state index contributed by atoms with van der Waals surface area (Å²) >= 11 is 0. The maximum Gasteiger partial charge on any atom is 0.270 e. The molecule has 3 N–H and O–H groups in total. The van der Waals surface area contributed by atoms with Crippen LogP contribution in [0.3, 0.4) is 0 Å². The van der Waals surface area contributed by atoms with Gasteiger partial charge in [0.05, 0.1) is 23.2 Å². The fourth-order valence-corrected chi connectivity index (χ4v) is 4.76. The van der Waals surface area contributed by atoms with Gasteiger partial charge in [-0.2, -0.15) is 0 Å². The Balaban J connectivity index is 1.82. The Morgan fingerprint density at radius 1 is 1.09 bits per heavy atom. The number of fused-ring (bicyclic) bond motifs is 1. The fraction of sp³-hybridized carbons (Fsp3) is 0.130. The lowest BCUT2D eigenvalue weighted by atomic mass is 10.1. The van der Waals surface area contributed by atoms with Crippen molar-refractivity contribution in [2.24, 2.45) is 10.2 Å². The number of non-ortho nitro benzene ring substituents is 1. The number of benzene rings is 3. The maximum atomic E-state index is 13.2. The van der Waals surface area contributed by atoms with Crippen LogP contribution >= 0.6 is 0 Å². The van der Waals surface area contributed by atoms with E-state index in [0.29, 0.717) is 10.9 Å². The molecule has 1 aromatic heterocycles. The molecule has 0 amide bonds. The van der Waals surface area contributed by atoms with Crippen molar-refractivity contribution in [3.8, 4) is 11.6 Å². The summed E-state index contributed by atoms with van der Waals surface area (Å²) in [7, 11) is -2.96. The van der Waals surface area contributed by atoms with Crippen LogP contribution in [0.4, 0.5) is 22.7 Å². The van der Waals surface area contributed by atoms with Crippen LogP contribution in [0, 0.1) is 24.0 Å². The number of ether oxygens (including phenoxy) is 1. The molecule has 1 heterocycles. The molecule has 0 saturated carbocycles. The lowest BCUT2D eigenvalue weighted by Crippen LogP contribution is -2.14. The second-order valence-corrected chi connectivity index (χ2v) is 9.32. The molecule has 0 aliphatic carbocycles. The van der Waals surface area contributed by atoms with Crippen LogP contribution in [0.15, 0.2) is 69.7 Å². The Hall–Kier alpha value is -4.45. The molecule has 3 aromatic carbocycles. The van der Waals surface area contributed by atoms with Gasteiger partial charge in [-0.3, -0.25) is 14.8 Å². The van der Waals surface area contributed by atoms with Crippen LogP contribution in [-0.2, 0) is 10.0 Å². The highest BCUT2D eigenvalue weighted by molar-refractivity contribution is 7.92. The fourth-order valence-electron chi connectivity index (χ4n) is 3.53. The van der Waals surface area contributed by atoms with Gasteiger partial charge in [0.25, 0.3) is 15.7 Å². The first-order valence-electron chi connectivity index (χ1n) is 10.3. The maximum absolute atomic E-state index is 13.2. The molecule has 0 unspecified atom stereocenters. The zero-order valence-electron chi connectivity index (χ0n) is 18.9. The van der Waals surface area contributed by atoms with Crippen LogP contribution < -0.4 is 9.46 Å². The molecule has 0 saturated heterocycles. The van der Waals surface area contributed by atoms with Crippen LogP contribution in [0.2, 0.25) is 0 Å². The van der Waals surface area contributed by atoms with Crippen molar-refractivity contribution in [1.82, 2.24) is 4.98 Å². The van der Waals surface area contributed by atoms with Crippen molar-refractivity contribution in [3.63, 3.8) is 0 Å². The summed E-state index contributed by atoms with van der Waals surface area (Å²) in [4.78, 5) is 13.0. The minimum atomic E-state index is -4.35. The number of aromatic nitrogens is 1. The molecule has 180 valence electrons. The molecule has 0 bridgehead atoms. The van der Waals surface area contributed by atoms with Gasteiger partial charge < -0.3 is 14.8 Å². The van der Waals surface area contributed by atoms with Crippen molar-refractivity contribution in [2.45, 2.75) is 18.7 Å². The van der Waals surface area contributed by atoms with E-state index in [1.54, 1.807) is 24.3 Å². The molecule has 0 fully saturated rings. The normalized spacial score (nSPS) is 11.7. The first-order chi connectivity index (χ1) is 16.6. The number of hydrogen-bond acceptors (Lipinski definition) is 8. The van der Waals surface area contributed by atoms with E-state index in [2.05, 4.69) is 19.9 Å². The summed E-state index contributed by atoms with van der Waals surface area (Å²) in [5.74, 6) is 0.0231. The highest BCUT2D eigenvalue weighted by Gasteiger charge is 2.24. The molecule has 0 radical (unpaired) electrons. The molecule has 4 aromatic rings.